The number of aliphatic hydroxyl groups is 2. The highest BCUT2D eigenvalue weighted by Crippen LogP contribution is 2.38. The summed E-state index contributed by atoms with van der Waals surface area (Å²) in [7, 11) is 1.79. The van der Waals surface area contributed by atoms with Gasteiger partial charge in [0, 0.05) is 25.8 Å². The van der Waals surface area contributed by atoms with Crippen LogP contribution < -0.4 is 16.0 Å². The summed E-state index contributed by atoms with van der Waals surface area (Å²) in [4.78, 5) is 21.2. The second kappa shape index (κ2) is 8.02. The van der Waals surface area contributed by atoms with Crippen LogP contribution in [0, 0.1) is 5.92 Å². The lowest BCUT2D eigenvalue weighted by atomic mass is 10.0. The molecule has 2 aromatic heterocycles. The first-order valence-electron chi connectivity index (χ1n) is 9.96. The van der Waals surface area contributed by atoms with Crippen LogP contribution in [-0.4, -0.2) is 69.0 Å². The third kappa shape index (κ3) is 3.45. The molecule has 1 saturated heterocycles. The van der Waals surface area contributed by atoms with Crippen LogP contribution in [0.3, 0.4) is 0 Å². The van der Waals surface area contributed by atoms with Gasteiger partial charge < -0.3 is 30.7 Å². The van der Waals surface area contributed by atoms with E-state index in [0.717, 1.165) is 24.8 Å². The van der Waals surface area contributed by atoms with E-state index in [-0.39, 0.29) is 11.9 Å². The minimum atomic E-state index is -1.10. The van der Waals surface area contributed by atoms with Crippen LogP contribution in [0.5, 0.6) is 0 Å². The van der Waals surface area contributed by atoms with Crippen LogP contribution in [0.4, 0.5) is 5.82 Å². The smallest absolute Gasteiger partial charge is 0.225 e. The van der Waals surface area contributed by atoms with E-state index in [1.165, 1.54) is 12.7 Å². The zero-order valence-corrected chi connectivity index (χ0v) is 16.0. The van der Waals surface area contributed by atoms with Gasteiger partial charge in [-0.25, -0.2) is 9.97 Å². The minimum absolute atomic E-state index is 0.205. The molecule has 9 nitrogen and oxygen atoms in total. The molecule has 1 aliphatic carbocycles. The number of carbonyl (C=O) groups is 1. The number of aliphatic hydroxyl groups excluding tert-OH is 2. The molecule has 0 radical (unpaired) electrons. The Labute approximate surface area is 163 Å². The van der Waals surface area contributed by atoms with Gasteiger partial charge in [0.2, 0.25) is 5.91 Å². The molecule has 1 amide bonds. The highest BCUT2D eigenvalue weighted by atomic mass is 16.3. The quantitative estimate of drug-likeness (QED) is 0.489. The van der Waals surface area contributed by atoms with Crippen molar-refractivity contribution in [3.05, 3.63) is 18.6 Å². The number of hydrogen-bond acceptors (Lipinski definition) is 7. The number of hydrogen-bond donors (Lipinski definition) is 5. The van der Waals surface area contributed by atoms with Crippen molar-refractivity contribution in [2.45, 2.75) is 50.0 Å². The third-order valence-corrected chi connectivity index (χ3v) is 6.03. The van der Waals surface area contributed by atoms with Crippen molar-refractivity contribution in [1.82, 2.24) is 25.2 Å². The topological polar surface area (TPSA) is 124 Å². The molecule has 2 aliphatic rings. The average Bonchev–Trinajstić information content (AvgIpc) is 3.28. The summed E-state index contributed by atoms with van der Waals surface area (Å²) in [6.45, 7) is 1.53. The lowest BCUT2D eigenvalue weighted by Gasteiger charge is -2.24. The summed E-state index contributed by atoms with van der Waals surface area (Å²) >= 11 is 0. The Hall–Kier alpha value is -2.23. The largest absolute Gasteiger partial charge is 0.390 e. The van der Waals surface area contributed by atoms with Gasteiger partial charge >= 0.3 is 0 Å². The summed E-state index contributed by atoms with van der Waals surface area (Å²) in [5.74, 6) is -0.152. The molecule has 2 fully saturated rings. The SMILES string of the molecule is CNc1ncnc2c1ccn2[C@@H]1C[C@H](C(=O)NCC2CCCCN2)[C@@H](O)[C@H]1O. The molecular formula is C19H28N6O3. The Balaban J connectivity index is 1.48. The molecule has 5 N–H and O–H groups in total. The fourth-order valence-electron chi connectivity index (χ4n) is 4.44. The second-order valence-electron chi connectivity index (χ2n) is 7.72. The lowest BCUT2D eigenvalue weighted by molar-refractivity contribution is -0.129. The zero-order valence-electron chi connectivity index (χ0n) is 16.0. The van der Waals surface area contributed by atoms with Crippen LogP contribution >= 0.6 is 0 Å². The number of anilines is 1. The van der Waals surface area contributed by atoms with Crippen LogP contribution in [0.2, 0.25) is 0 Å². The number of rotatable bonds is 5. The van der Waals surface area contributed by atoms with Crippen molar-refractivity contribution in [2.75, 3.05) is 25.5 Å². The van der Waals surface area contributed by atoms with Gasteiger partial charge in [-0.15, -0.1) is 0 Å². The van der Waals surface area contributed by atoms with Crippen molar-refractivity contribution in [3.63, 3.8) is 0 Å². The van der Waals surface area contributed by atoms with Gasteiger partial charge in [-0.2, -0.15) is 0 Å². The maximum absolute atomic E-state index is 12.7. The number of amides is 1. The van der Waals surface area contributed by atoms with Crippen molar-refractivity contribution >= 4 is 22.8 Å². The maximum Gasteiger partial charge on any atom is 0.225 e. The Bertz CT molecular complexity index is 834. The molecule has 1 saturated carbocycles. The molecule has 0 bridgehead atoms. The van der Waals surface area contributed by atoms with Crippen LogP contribution in [0.25, 0.3) is 11.0 Å². The number of aromatic nitrogens is 3. The van der Waals surface area contributed by atoms with Gasteiger partial charge in [0.25, 0.3) is 0 Å². The Morgan fingerprint density at radius 1 is 1.32 bits per heavy atom. The van der Waals surface area contributed by atoms with Gasteiger partial charge in [-0.1, -0.05) is 6.42 Å². The summed E-state index contributed by atoms with van der Waals surface area (Å²) in [6.07, 6.45) is 4.88. The van der Waals surface area contributed by atoms with Gasteiger partial charge in [0.15, 0.2) is 0 Å². The number of carbonyl (C=O) groups excluding carboxylic acids is 1. The molecule has 0 spiro atoms. The second-order valence-corrected chi connectivity index (χ2v) is 7.72. The van der Waals surface area contributed by atoms with Crippen LogP contribution in [0.1, 0.15) is 31.7 Å². The lowest BCUT2D eigenvalue weighted by Crippen LogP contribution is -2.46. The Morgan fingerprint density at radius 3 is 2.93 bits per heavy atom. The van der Waals surface area contributed by atoms with Crippen molar-refractivity contribution < 1.29 is 15.0 Å². The zero-order chi connectivity index (χ0) is 19.7. The Kier molecular flexibility index (Phi) is 5.47. The molecule has 1 unspecified atom stereocenters. The summed E-state index contributed by atoms with van der Waals surface area (Å²) < 4.78 is 1.84. The van der Waals surface area contributed by atoms with E-state index in [2.05, 4.69) is 25.9 Å². The molecule has 2 aromatic rings. The number of nitrogens with one attached hydrogen (secondary N) is 3. The normalized spacial score (nSPS) is 30.5. The summed E-state index contributed by atoms with van der Waals surface area (Å²) in [5, 5.41) is 31.4. The predicted molar refractivity (Wildman–Crippen MR) is 105 cm³/mol. The molecule has 28 heavy (non-hydrogen) atoms. The molecule has 3 heterocycles. The monoisotopic (exact) mass is 388 g/mol. The maximum atomic E-state index is 12.7. The molecule has 4 rings (SSSR count). The molecule has 0 aromatic carbocycles. The fourth-order valence-corrected chi connectivity index (χ4v) is 4.44. The van der Waals surface area contributed by atoms with E-state index < -0.39 is 24.2 Å². The van der Waals surface area contributed by atoms with E-state index >= 15 is 0 Å². The molecular weight excluding hydrogens is 360 g/mol. The van der Waals surface area contributed by atoms with E-state index in [4.69, 9.17) is 0 Å². The van der Waals surface area contributed by atoms with Crippen molar-refractivity contribution in [1.29, 1.82) is 0 Å². The molecule has 5 atom stereocenters. The predicted octanol–water partition coefficient (Wildman–Crippen LogP) is 0.0141. The molecule has 1 aliphatic heterocycles. The number of piperidine rings is 1. The molecule has 152 valence electrons. The first-order valence-corrected chi connectivity index (χ1v) is 9.96. The number of nitrogens with zero attached hydrogens (tertiary/aromatic N) is 3. The highest BCUT2D eigenvalue weighted by Gasteiger charge is 2.46. The third-order valence-electron chi connectivity index (χ3n) is 6.03. The summed E-state index contributed by atoms with van der Waals surface area (Å²) in [5.41, 5.74) is 0.670. The van der Waals surface area contributed by atoms with E-state index in [9.17, 15) is 15.0 Å². The van der Waals surface area contributed by atoms with Gasteiger partial charge in [0.1, 0.15) is 23.9 Å². The first kappa shape index (κ1) is 19.1. The number of fused-ring (bicyclic) bond motifs is 1. The van der Waals surface area contributed by atoms with Crippen LogP contribution in [-0.2, 0) is 4.79 Å². The molecule has 9 heteroatoms. The van der Waals surface area contributed by atoms with Crippen LogP contribution in [0.15, 0.2) is 18.6 Å². The first-order chi connectivity index (χ1) is 13.6. The minimum Gasteiger partial charge on any atom is -0.390 e. The Morgan fingerprint density at radius 2 is 2.18 bits per heavy atom. The fraction of sp³-hybridized carbons (Fsp3) is 0.632. The standard InChI is InChI=1S/C19H28N6O3/c1-20-17-12-5-7-25(18(12)24-10-23-17)14-8-13(15(26)16(14)27)19(28)22-9-11-4-2-3-6-21-11/h5,7,10-11,13-16,21,26-27H,2-4,6,8-9H2,1H3,(H,22,28)(H,20,23,24)/t11?,13-,14+,15+,16-/m0/s1. The van der Waals surface area contributed by atoms with E-state index in [0.29, 0.717) is 24.4 Å². The van der Waals surface area contributed by atoms with Gasteiger partial charge in [-0.3, -0.25) is 4.79 Å². The van der Waals surface area contributed by atoms with E-state index in [1.807, 2.05) is 16.8 Å². The van der Waals surface area contributed by atoms with Gasteiger partial charge in [0.05, 0.1) is 23.4 Å². The summed E-state index contributed by atoms with van der Waals surface area (Å²) in [6, 6.07) is 1.74. The van der Waals surface area contributed by atoms with E-state index in [1.54, 1.807) is 7.05 Å². The van der Waals surface area contributed by atoms with Crippen molar-refractivity contribution in [2.24, 2.45) is 5.92 Å². The highest BCUT2D eigenvalue weighted by molar-refractivity contribution is 5.87. The average molecular weight is 388 g/mol. The van der Waals surface area contributed by atoms with Gasteiger partial charge in [-0.05, 0) is 31.9 Å². The van der Waals surface area contributed by atoms with Crippen molar-refractivity contribution in [3.8, 4) is 0 Å².